The summed E-state index contributed by atoms with van der Waals surface area (Å²) in [4.78, 5) is 11.9. The van der Waals surface area contributed by atoms with Crippen LogP contribution >= 0.6 is 0 Å². The van der Waals surface area contributed by atoms with Crippen LogP contribution in [0, 0.1) is 0 Å². The van der Waals surface area contributed by atoms with Gasteiger partial charge in [0.05, 0.1) is 12.8 Å². The van der Waals surface area contributed by atoms with Crippen LogP contribution < -0.4 is 9.47 Å². The van der Waals surface area contributed by atoms with Gasteiger partial charge in [-0.1, -0.05) is 24.3 Å². The van der Waals surface area contributed by atoms with Gasteiger partial charge in [0, 0.05) is 0 Å². The van der Waals surface area contributed by atoms with Crippen LogP contribution in [0.15, 0.2) is 36.4 Å². The lowest BCUT2D eigenvalue weighted by atomic mass is 10.0. The van der Waals surface area contributed by atoms with Crippen molar-refractivity contribution in [3.8, 4) is 11.5 Å². The Labute approximate surface area is 181 Å². The fourth-order valence-corrected chi connectivity index (χ4v) is 2.89. The van der Waals surface area contributed by atoms with Crippen molar-refractivity contribution in [2.45, 2.75) is 37.5 Å². The Balaban J connectivity index is 2.44. The number of carbonyl (C=O) groups excluding carboxylic acids is 1. The molecule has 0 saturated carbocycles. The first-order valence-corrected chi connectivity index (χ1v) is 8.69. The molecule has 0 radical (unpaired) electrons. The first-order valence-electron chi connectivity index (χ1n) is 8.69. The Hall–Kier alpha value is -3.13. The zero-order valence-corrected chi connectivity index (χ0v) is 16.1. The largest absolute Gasteiger partial charge is 0.519 e. The van der Waals surface area contributed by atoms with Crippen LogP contribution in [0.5, 0.6) is 11.5 Å². The van der Waals surface area contributed by atoms with E-state index in [1.807, 2.05) is 0 Å². The van der Waals surface area contributed by atoms with E-state index in [0.29, 0.717) is 36.4 Å². The van der Waals surface area contributed by atoms with Gasteiger partial charge in [-0.25, -0.2) is 4.79 Å². The van der Waals surface area contributed by atoms with Crippen LogP contribution in [-0.2, 0) is 25.2 Å². The molecule has 0 spiro atoms. The molecule has 0 atom stereocenters. The van der Waals surface area contributed by atoms with E-state index >= 15 is 0 Å². The van der Waals surface area contributed by atoms with E-state index in [0.717, 1.165) is 0 Å². The molecule has 0 fully saturated rings. The molecule has 0 aliphatic rings. The molecule has 0 aliphatic heterocycles. The highest BCUT2D eigenvalue weighted by molar-refractivity contribution is 5.69. The summed E-state index contributed by atoms with van der Waals surface area (Å²) in [6.07, 6.45) is -27.6. The number of halogens is 12. The second-order valence-electron chi connectivity index (χ2n) is 6.61. The van der Waals surface area contributed by atoms with Gasteiger partial charge >= 0.3 is 30.9 Å². The molecule has 0 amide bonds. The normalized spacial score (nSPS) is 13.1. The summed E-state index contributed by atoms with van der Waals surface area (Å²) in [6.45, 7) is 0. The third-order valence-electron chi connectivity index (χ3n) is 3.96. The Morgan fingerprint density at radius 1 is 0.588 bits per heavy atom. The molecule has 0 unspecified atom stereocenters. The van der Waals surface area contributed by atoms with Crippen LogP contribution in [0.25, 0.3) is 0 Å². The maximum absolute atomic E-state index is 13.3. The number of benzene rings is 2. The summed E-state index contributed by atoms with van der Waals surface area (Å²) in [6, 6.07) is 3.02. The predicted molar refractivity (Wildman–Crippen MR) is 89.1 cm³/mol. The van der Waals surface area contributed by atoms with E-state index in [-0.39, 0.29) is 0 Å². The highest BCUT2D eigenvalue weighted by Crippen LogP contribution is 2.42. The molecule has 0 heterocycles. The zero-order valence-electron chi connectivity index (χ0n) is 16.1. The summed E-state index contributed by atoms with van der Waals surface area (Å²) in [7, 11) is 0. The molecule has 2 rings (SSSR count). The molecule has 0 N–H and O–H groups in total. The van der Waals surface area contributed by atoms with Crippen molar-refractivity contribution in [2.75, 3.05) is 0 Å². The van der Waals surface area contributed by atoms with Gasteiger partial charge in [0.15, 0.2) is 0 Å². The topological polar surface area (TPSA) is 35.5 Å². The molecule has 15 heteroatoms. The number of alkyl halides is 12. The monoisotopic (exact) mass is 514 g/mol. The van der Waals surface area contributed by atoms with Crippen molar-refractivity contribution >= 4 is 6.16 Å². The summed E-state index contributed by atoms with van der Waals surface area (Å²) in [5, 5.41) is 0. The van der Waals surface area contributed by atoms with Crippen molar-refractivity contribution in [1.82, 2.24) is 0 Å². The van der Waals surface area contributed by atoms with Crippen LogP contribution in [0.3, 0.4) is 0 Å². The second-order valence-corrected chi connectivity index (χ2v) is 6.61. The van der Waals surface area contributed by atoms with Crippen molar-refractivity contribution in [1.29, 1.82) is 0 Å². The van der Waals surface area contributed by atoms with Crippen LogP contribution in [0.2, 0.25) is 0 Å². The minimum Gasteiger partial charge on any atom is -0.394 e. The number of ether oxygens (including phenoxy) is 2. The average molecular weight is 514 g/mol. The SMILES string of the molecule is O=C(Oc1cccc(CC(F)(F)F)c1C(F)(F)F)Oc1cccc(CC(F)(F)F)c1C(F)(F)F. The number of hydrogen-bond donors (Lipinski definition) is 0. The molecule has 2 aromatic carbocycles. The van der Waals surface area contributed by atoms with Gasteiger partial charge in [0.2, 0.25) is 0 Å². The first-order chi connectivity index (χ1) is 15.3. The maximum atomic E-state index is 13.3. The Kier molecular flexibility index (Phi) is 7.38. The van der Waals surface area contributed by atoms with Gasteiger partial charge in [-0.3, -0.25) is 0 Å². The fourth-order valence-electron chi connectivity index (χ4n) is 2.89. The van der Waals surface area contributed by atoms with Gasteiger partial charge in [0.25, 0.3) is 0 Å². The molecule has 0 aromatic heterocycles. The smallest absolute Gasteiger partial charge is 0.394 e. The van der Waals surface area contributed by atoms with E-state index in [4.69, 9.17) is 0 Å². The number of rotatable bonds is 4. The van der Waals surface area contributed by atoms with E-state index in [2.05, 4.69) is 9.47 Å². The minimum atomic E-state index is -5.48. The van der Waals surface area contributed by atoms with Crippen molar-refractivity contribution in [3.63, 3.8) is 0 Å². The van der Waals surface area contributed by atoms with Gasteiger partial charge < -0.3 is 9.47 Å². The van der Waals surface area contributed by atoms with E-state index in [9.17, 15) is 57.5 Å². The van der Waals surface area contributed by atoms with Crippen LogP contribution in [-0.4, -0.2) is 18.5 Å². The molecule has 0 saturated heterocycles. The molecule has 0 aliphatic carbocycles. The molecule has 3 nitrogen and oxygen atoms in total. The molecule has 188 valence electrons. The lowest BCUT2D eigenvalue weighted by Gasteiger charge is -2.19. The highest BCUT2D eigenvalue weighted by Gasteiger charge is 2.43. The lowest BCUT2D eigenvalue weighted by molar-refractivity contribution is -0.145. The highest BCUT2D eigenvalue weighted by atomic mass is 19.4. The van der Waals surface area contributed by atoms with Gasteiger partial charge in [-0.05, 0) is 23.3 Å². The van der Waals surface area contributed by atoms with Crippen molar-refractivity contribution in [3.05, 3.63) is 58.7 Å². The Bertz CT molecular complexity index is 951. The summed E-state index contributed by atoms with van der Waals surface area (Å²) < 4.78 is 164. The van der Waals surface area contributed by atoms with Crippen LogP contribution in [0.1, 0.15) is 22.3 Å². The molecule has 34 heavy (non-hydrogen) atoms. The number of carbonyl (C=O) groups is 1. The predicted octanol–water partition coefficient (Wildman–Crippen LogP) is 7.51. The van der Waals surface area contributed by atoms with Gasteiger partial charge in [-0.2, -0.15) is 52.7 Å². The first kappa shape index (κ1) is 27.1. The third-order valence-corrected chi connectivity index (χ3v) is 3.96. The quantitative estimate of drug-likeness (QED) is 0.241. The van der Waals surface area contributed by atoms with Gasteiger partial charge in [-0.15, -0.1) is 0 Å². The standard InChI is InChI=1S/C19H10F12O3/c20-16(21,22)7-9-3-1-5-11(13(9)18(26,27)28)33-15(32)34-12-6-2-4-10(8-17(23,24)25)14(12)19(29,30)31/h1-6H,7-8H2. The second kappa shape index (κ2) is 9.25. The van der Waals surface area contributed by atoms with Crippen molar-refractivity contribution in [2.24, 2.45) is 0 Å². The molecular weight excluding hydrogens is 504 g/mol. The summed E-state index contributed by atoms with van der Waals surface area (Å²) in [5.41, 5.74) is -6.78. The summed E-state index contributed by atoms with van der Waals surface area (Å²) >= 11 is 0. The molecule has 2 aromatic rings. The Morgan fingerprint density at radius 3 is 1.18 bits per heavy atom. The molecule has 0 bridgehead atoms. The zero-order chi connectivity index (χ0) is 26.1. The average Bonchev–Trinajstić information content (AvgIpc) is 2.56. The maximum Gasteiger partial charge on any atom is 0.519 e. The van der Waals surface area contributed by atoms with Crippen molar-refractivity contribution < 1.29 is 67.0 Å². The van der Waals surface area contributed by atoms with E-state index in [1.54, 1.807) is 0 Å². The fraction of sp³-hybridized carbons (Fsp3) is 0.316. The Morgan fingerprint density at radius 2 is 0.912 bits per heavy atom. The van der Waals surface area contributed by atoms with E-state index < -0.39 is 77.5 Å². The summed E-state index contributed by atoms with van der Waals surface area (Å²) in [5.74, 6) is -3.03. The minimum absolute atomic E-state index is 0.411. The third kappa shape index (κ3) is 7.45. The van der Waals surface area contributed by atoms with Crippen LogP contribution in [0.4, 0.5) is 57.5 Å². The van der Waals surface area contributed by atoms with E-state index in [1.165, 1.54) is 0 Å². The molecular formula is C19H10F12O3. The number of hydrogen-bond acceptors (Lipinski definition) is 3. The lowest BCUT2D eigenvalue weighted by Crippen LogP contribution is -2.23. The van der Waals surface area contributed by atoms with Gasteiger partial charge in [0.1, 0.15) is 22.6 Å².